The second kappa shape index (κ2) is 9.73. The monoisotopic (exact) mass is 258 g/mol. The minimum Gasteiger partial charge on any atom is -0.314 e. The molecule has 2 saturated heterocycles. The fourth-order valence-electron chi connectivity index (χ4n) is 2.60. The highest BCUT2D eigenvalue weighted by Crippen LogP contribution is 2.19. The molecule has 0 aliphatic carbocycles. The van der Waals surface area contributed by atoms with Crippen molar-refractivity contribution in [3.05, 3.63) is 0 Å². The SMILES string of the molecule is CCCCC1CCCCN1O.ON1CCCCC1. The average molecular weight is 258 g/mol. The largest absolute Gasteiger partial charge is 0.314 e. The number of piperidine rings is 2. The number of hydrogen-bond donors (Lipinski definition) is 2. The van der Waals surface area contributed by atoms with Crippen molar-refractivity contribution in [2.24, 2.45) is 0 Å². The maximum absolute atomic E-state index is 9.43. The molecule has 2 aliphatic rings. The Bertz CT molecular complexity index is 196. The molecule has 2 rings (SSSR count). The number of hydrogen-bond acceptors (Lipinski definition) is 4. The molecule has 0 aromatic heterocycles. The molecule has 1 unspecified atom stereocenters. The Morgan fingerprint density at radius 3 is 2.11 bits per heavy atom. The lowest BCUT2D eigenvalue weighted by atomic mass is 9.99. The van der Waals surface area contributed by atoms with Gasteiger partial charge in [0.1, 0.15) is 0 Å². The maximum atomic E-state index is 9.43. The van der Waals surface area contributed by atoms with Gasteiger partial charge in [0.05, 0.1) is 0 Å². The molecule has 0 aromatic carbocycles. The predicted molar refractivity (Wildman–Crippen MR) is 72.9 cm³/mol. The summed E-state index contributed by atoms with van der Waals surface area (Å²) in [6, 6.07) is 0.462. The molecule has 0 saturated carbocycles. The van der Waals surface area contributed by atoms with Gasteiger partial charge in [0.25, 0.3) is 0 Å². The lowest BCUT2D eigenvalue weighted by Crippen LogP contribution is -2.36. The van der Waals surface area contributed by atoms with Gasteiger partial charge in [-0.15, -0.1) is 0 Å². The predicted octanol–water partition coefficient (Wildman–Crippen LogP) is 3.28. The first kappa shape index (κ1) is 15.9. The van der Waals surface area contributed by atoms with Crippen molar-refractivity contribution in [1.29, 1.82) is 0 Å². The highest BCUT2D eigenvalue weighted by Gasteiger charge is 2.19. The number of rotatable bonds is 3. The van der Waals surface area contributed by atoms with Crippen LogP contribution in [0.25, 0.3) is 0 Å². The molecular weight excluding hydrogens is 228 g/mol. The summed E-state index contributed by atoms with van der Waals surface area (Å²) in [6.07, 6.45) is 10.9. The van der Waals surface area contributed by atoms with Crippen molar-refractivity contribution in [1.82, 2.24) is 10.1 Å². The van der Waals surface area contributed by atoms with Crippen LogP contribution in [-0.4, -0.2) is 46.2 Å². The lowest BCUT2D eigenvalue weighted by Gasteiger charge is -2.30. The van der Waals surface area contributed by atoms with Crippen molar-refractivity contribution in [2.45, 2.75) is 70.8 Å². The summed E-state index contributed by atoms with van der Waals surface area (Å²) in [6.45, 7) is 4.83. The van der Waals surface area contributed by atoms with Crippen LogP contribution in [0.5, 0.6) is 0 Å². The van der Waals surface area contributed by atoms with Crippen molar-refractivity contribution < 1.29 is 10.4 Å². The Hall–Kier alpha value is -0.160. The van der Waals surface area contributed by atoms with Crippen molar-refractivity contribution >= 4 is 0 Å². The van der Waals surface area contributed by atoms with Crippen LogP contribution in [0.1, 0.15) is 64.7 Å². The van der Waals surface area contributed by atoms with Gasteiger partial charge in [-0.3, -0.25) is 0 Å². The van der Waals surface area contributed by atoms with E-state index in [0.29, 0.717) is 6.04 Å². The van der Waals surface area contributed by atoms with Crippen LogP contribution in [-0.2, 0) is 0 Å². The fraction of sp³-hybridized carbons (Fsp3) is 1.00. The second-order valence-corrected chi connectivity index (χ2v) is 5.47. The van der Waals surface area contributed by atoms with Crippen LogP contribution in [0.2, 0.25) is 0 Å². The topological polar surface area (TPSA) is 46.9 Å². The van der Waals surface area contributed by atoms with Crippen LogP contribution in [0.15, 0.2) is 0 Å². The first-order valence-electron chi connectivity index (χ1n) is 7.63. The first-order valence-corrected chi connectivity index (χ1v) is 7.63. The Labute approximate surface area is 111 Å². The fourth-order valence-corrected chi connectivity index (χ4v) is 2.60. The van der Waals surface area contributed by atoms with Crippen LogP contribution in [0, 0.1) is 0 Å². The lowest BCUT2D eigenvalue weighted by molar-refractivity contribution is -0.143. The summed E-state index contributed by atoms with van der Waals surface area (Å²) in [7, 11) is 0. The van der Waals surface area contributed by atoms with E-state index in [-0.39, 0.29) is 0 Å². The van der Waals surface area contributed by atoms with Gasteiger partial charge in [0.2, 0.25) is 0 Å². The van der Waals surface area contributed by atoms with Crippen LogP contribution in [0.3, 0.4) is 0 Å². The number of nitrogens with zero attached hydrogens (tertiary/aromatic N) is 2. The van der Waals surface area contributed by atoms with Gasteiger partial charge in [-0.25, -0.2) is 0 Å². The van der Waals surface area contributed by atoms with Gasteiger partial charge < -0.3 is 10.4 Å². The average Bonchev–Trinajstić information content (AvgIpc) is 2.39. The summed E-state index contributed by atoms with van der Waals surface area (Å²) < 4.78 is 0. The van der Waals surface area contributed by atoms with Crippen LogP contribution >= 0.6 is 0 Å². The van der Waals surface area contributed by atoms with E-state index in [2.05, 4.69) is 6.92 Å². The first-order chi connectivity index (χ1) is 8.74. The third-order valence-corrected chi connectivity index (χ3v) is 3.82. The number of unbranched alkanes of at least 4 members (excludes halogenated alkanes) is 1. The van der Waals surface area contributed by atoms with Gasteiger partial charge in [-0.05, 0) is 32.1 Å². The van der Waals surface area contributed by atoms with Gasteiger partial charge in [0, 0.05) is 25.7 Å². The molecule has 2 N–H and O–H groups in total. The molecule has 18 heavy (non-hydrogen) atoms. The highest BCUT2D eigenvalue weighted by molar-refractivity contribution is 4.70. The van der Waals surface area contributed by atoms with E-state index in [0.717, 1.165) is 32.5 Å². The normalized spacial score (nSPS) is 26.5. The molecule has 0 aromatic rings. The number of hydroxylamine groups is 4. The van der Waals surface area contributed by atoms with Crippen molar-refractivity contribution in [2.75, 3.05) is 19.6 Å². The third kappa shape index (κ3) is 6.69. The van der Waals surface area contributed by atoms with E-state index in [1.165, 1.54) is 50.0 Å². The van der Waals surface area contributed by atoms with E-state index in [4.69, 9.17) is 5.21 Å². The molecule has 0 spiro atoms. The standard InChI is InChI=1S/C9H19NO.C5H11NO/c1-2-3-6-9-7-4-5-8-10(9)11;7-6-4-2-1-3-5-6/h9,11H,2-8H2,1H3;7H,1-5H2. The summed E-state index contributed by atoms with van der Waals surface area (Å²) in [5.74, 6) is 0. The van der Waals surface area contributed by atoms with Crippen LogP contribution < -0.4 is 0 Å². The molecule has 4 heteroatoms. The highest BCUT2D eigenvalue weighted by atomic mass is 16.5. The van der Waals surface area contributed by atoms with Crippen LogP contribution in [0.4, 0.5) is 0 Å². The third-order valence-electron chi connectivity index (χ3n) is 3.82. The molecule has 2 fully saturated rings. The van der Waals surface area contributed by atoms with E-state index < -0.39 is 0 Å². The Morgan fingerprint density at radius 2 is 1.61 bits per heavy atom. The van der Waals surface area contributed by atoms with Crippen molar-refractivity contribution in [3.8, 4) is 0 Å². The second-order valence-electron chi connectivity index (χ2n) is 5.47. The quantitative estimate of drug-likeness (QED) is 0.815. The van der Waals surface area contributed by atoms with Crippen molar-refractivity contribution in [3.63, 3.8) is 0 Å². The Morgan fingerprint density at radius 1 is 0.944 bits per heavy atom. The molecule has 108 valence electrons. The van der Waals surface area contributed by atoms with E-state index in [1.54, 1.807) is 5.06 Å². The summed E-state index contributed by atoms with van der Waals surface area (Å²) >= 11 is 0. The summed E-state index contributed by atoms with van der Waals surface area (Å²) in [5, 5.41) is 21.1. The minimum atomic E-state index is 0.462. The molecule has 2 aliphatic heterocycles. The van der Waals surface area contributed by atoms with E-state index in [9.17, 15) is 5.21 Å². The van der Waals surface area contributed by atoms with Gasteiger partial charge in [-0.1, -0.05) is 32.6 Å². The zero-order valence-corrected chi connectivity index (χ0v) is 11.9. The zero-order valence-electron chi connectivity index (χ0n) is 11.9. The molecule has 2 heterocycles. The molecule has 4 nitrogen and oxygen atoms in total. The smallest absolute Gasteiger partial charge is 0.0350 e. The Kier molecular flexibility index (Phi) is 8.59. The molecule has 0 amide bonds. The Balaban J connectivity index is 0.000000199. The molecule has 0 bridgehead atoms. The van der Waals surface area contributed by atoms with E-state index >= 15 is 0 Å². The van der Waals surface area contributed by atoms with Gasteiger partial charge >= 0.3 is 0 Å². The molecular formula is C14H30N2O2. The molecule has 1 atom stereocenters. The van der Waals surface area contributed by atoms with Gasteiger partial charge in [-0.2, -0.15) is 10.1 Å². The van der Waals surface area contributed by atoms with E-state index in [1.807, 2.05) is 0 Å². The molecule has 0 radical (unpaired) electrons. The van der Waals surface area contributed by atoms with Gasteiger partial charge in [0.15, 0.2) is 0 Å². The maximum Gasteiger partial charge on any atom is 0.0350 e. The summed E-state index contributed by atoms with van der Waals surface area (Å²) in [5.41, 5.74) is 0. The zero-order chi connectivity index (χ0) is 13.2. The summed E-state index contributed by atoms with van der Waals surface area (Å²) in [4.78, 5) is 0. The minimum absolute atomic E-state index is 0.462.